The molecular formula is C10H8FO3-. The number of aliphatic carboxylic acids is 1. The molecule has 0 radical (unpaired) electrons. The zero-order valence-corrected chi connectivity index (χ0v) is 7.49. The summed E-state index contributed by atoms with van der Waals surface area (Å²) >= 11 is 0. The molecule has 0 aliphatic heterocycles. The molecule has 0 bridgehead atoms. The Balaban J connectivity index is 2.90. The van der Waals surface area contributed by atoms with E-state index in [4.69, 9.17) is 0 Å². The summed E-state index contributed by atoms with van der Waals surface area (Å²) in [5.41, 5.74) is 0.170. The first-order valence-electron chi connectivity index (χ1n) is 4.03. The second-order valence-electron chi connectivity index (χ2n) is 2.91. The molecule has 0 fully saturated rings. The van der Waals surface area contributed by atoms with Crippen molar-refractivity contribution in [3.8, 4) is 0 Å². The summed E-state index contributed by atoms with van der Waals surface area (Å²) in [6, 6.07) is 4.71. The monoisotopic (exact) mass is 195 g/mol. The van der Waals surface area contributed by atoms with Crippen LogP contribution in [0.25, 0.3) is 0 Å². The van der Waals surface area contributed by atoms with Crippen LogP contribution >= 0.6 is 0 Å². The second-order valence-corrected chi connectivity index (χ2v) is 2.91. The van der Waals surface area contributed by atoms with Crippen molar-refractivity contribution in [1.82, 2.24) is 0 Å². The lowest BCUT2D eigenvalue weighted by Gasteiger charge is -2.10. The van der Waals surface area contributed by atoms with Crippen LogP contribution in [0.15, 0.2) is 24.3 Å². The van der Waals surface area contributed by atoms with Crippen molar-refractivity contribution in [2.75, 3.05) is 0 Å². The summed E-state index contributed by atoms with van der Waals surface area (Å²) in [4.78, 5) is 21.7. The van der Waals surface area contributed by atoms with E-state index < -0.39 is 23.5 Å². The highest BCUT2D eigenvalue weighted by atomic mass is 19.1. The number of carbonyl (C=O) groups excluding carboxylic acids is 2. The molecule has 0 amide bonds. The molecule has 0 aliphatic rings. The minimum Gasteiger partial charge on any atom is -0.549 e. The maximum atomic E-state index is 12.5. The number of carboxylic acid groups (broad SMARTS) is 1. The van der Waals surface area contributed by atoms with E-state index in [0.29, 0.717) is 0 Å². The maximum Gasteiger partial charge on any atom is 0.171 e. The Morgan fingerprint density at radius 1 is 1.29 bits per heavy atom. The van der Waals surface area contributed by atoms with Crippen LogP contribution in [0, 0.1) is 11.7 Å². The van der Waals surface area contributed by atoms with Crippen LogP contribution in [-0.4, -0.2) is 11.8 Å². The third-order valence-corrected chi connectivity index (χ3v) is 1.88. The van der Waals surface area contributed by atoms with Crippen molar-refractivity contribution in [2.45, 2.75) is 6.92 Å². The van der Waals surface area contributed by atoms with Crippen LogP contribution in [-0.2, 0) is 4.79 Å². The van der Waals surface area contributed by atoms with Gasteiger partial charge < -0.3 is 9.90 Å². The minimum absolute atomic E-state index is 0.170. The normalized spacial score (nSPS) is 12.1. The van der Waals surface area contributed by atoms with Crippen molar-refractivity contribution >= 4 is 11.8 Å². The predicted molar refractivity (Wildman–Crippen MR) is 44.9 cm³/mol. The highest BCUT2D eigenvalue weighted by Gasteiger charge is 2.15. The first kappa shape index (κ1) is 10.4. The quantitative estimate of drug-likeness (QED) is 0.518. The maximum absolute atomic E-state index is 12.5. The number of rotatable bonds is 3. The van der Waals surface area contributed by atoms with Crippen LogP contribution in [0.1, 0.15) is 17.3 Å². The summed E-state index contributed by atoms with van der Waals surface area (Å²) in [6.45, 7) is 1.24. The number of ketones is 1. The molecule has 3 nitrogen and oxygen atoms in total. The fourth-order valence-corrected chi connectivity index (χ4v) is 0.971. The molecule has 1 unspecified atom stereocenters. The highest BCUT2D eigenvalue weighted by molar-refractivity contribution is 6.07. The van der Waals surface area contributed by atoms with E-state index in [1.165, 1.54) is 19.1 Å². The van der Waals surface area contributed by atoms with Gasteiger partial charge in [-0.2, -0.15) is 0 Å². The summed E-state index contributed by atoms with van der Waals surface area (Å²) in [5, 5.41) is 10.4. The molecule has 0 N–H and O–H groups in total. The first-order chi connectivity index (χ1) is 6.52. The molecule has 0 saturated carbocycles. The molecule has 0 aliphatic carbocycles. The van der Waals surface area contributed by atoms with Crippen LogP contribution < -0.4 is 5.11 Å². The van der Waals surface area contributed by atoms with Gasteiger partial charge in [-0.15, -0.1) is 0 Å². The van der Waals surface area contributed by atoms with Crippen molar-refractivity contribution in [1.29, 1.82) is 0 Å². The lowest BCUT2D eigenvalue weighted by atomic mass is 10.00. The standard InChI is InChI=1S/C10H9FO3/c1-6(10(13)14)9(12)7-2-4-8(11)5-3-7/h2-6H,1H3,(H,13,14)/p-1. The van der Waals surface area contributed by atoms with Gasteiger partial charge in [0.25, 0.3) is 0 Å². The molecule has 0 saturated heterocycles. The van der Waals surface area contributed by atoms with Crippen molar-refractivity contribution < 1.29 is 19.1 Å². The van der Waals surface area contributed by atoms with E-state index >= 15 is 0 Å². The fourth-order valence-electron chi connectivity index (χ4n) is 0.971. The predicted octanol–water partition coefficient (Wildman–Crippen LogP) is 0.394. The van der Waals surface area contributed by atoms with E-state index in [0.717, 1.165) is 12.1 Å². The van der Waals surface area contributed by atoms with Gasteiger partial charge in [-0.25, -0.2) is 4.39 Å². The Morgan fingerprint density at radius 3 is 2.21 bits per heavy atom. The van der Waals surface area contributed by atoms with Crippen LogP contribution in [0.2, 0.25) is 0 Å². The van der Waals surface area contributed by atoms with Crippen molar-refractivity contribution in [3.05, 3.63) is 35.6 Å². The lowest BCUT2D eigenvalue weighted by Crippen LogP contribution is -2.34. The van der Waals surface area contributed by atoms with Crippen molar-refractivity contribution in [3.63, 3.8) is 0 Å². The lowest BCUT2D eigenvalue weighted by molar-refractivity contribution is -0.308. The fraction of sp³-hybridized carbons (Fsp3) is 0.200. The SMILES string of the molecule is CC(C(=O)[O-])C(=O)c1ccc(F)cc1. The van der Waals surface area contributed by atoms with E-state index in [1.54, 1.807) is 0 Å². The first-order valence-corrected chi connectivity index (χ1v) is 4.03. The average molecular weight is 195 g/mol. The molecule has 4 heteroatoms. The Kier molecular flexibility index (Phi) is 2.96. The summed E-state index contributed by atoms with van der Waals surface area (Å²) < 4.78 is 12.5. The molecule has 1 atom stereocenters. The van der Waals surface area contributed by atoms with Crippen molar-refractivity contribution in [2.24, 2.45) is 5.92 Å². The smallest absolute Gasteiger partial charge is 0.171 e. The van der Waals surface area contributed by atoms with Gasteiger partial charge in [-0.05, 0) is 31.2 Å². The Morgan fingerprint density at radius 2 is 1.79 bits per heavy atom. The van der Waals surface area contributed by atoms with E-state index in [-0.39, 0.29) is 5.56 Å². The molecule has 0 heterocycles. The zero-order valence-electron chi connectivity index (χ0n) is 7.49. The van der Waals surface area contributed by atoms with Crippen LogP contribution in [0.5, 0.6) is 0 Å². The molecule has 0 aromatic heterocycles. The topological polar surface area (TPSA) is 57.2 Å². The largest absolute Gasteiger partial charge is 0.549 e. The summed E-state index contributed by atoms with van der Waals surface area (Å²) in [6.07, 6.45) is 0. The van der Waals surface area contributed by atoms with Gasteiger partial charge in [0, 0.05) is 5.56 Å². The third-order valence-electron chi connectivity index (χ3n) is 1.88. The number of Topliss-reactive ketones (excluding diaryl/α,β-unsaturated/α-hetero) is 1. The molecule has 14 heavy (non-hydrogen) atoms. The molecule has 1 aromatic rings. The van der Waals surface area contributed by atoms with Gasteiger partial charge in [0.15, 0.2) is 5.78 Å². The molecule has 0 spiro atoms. The number of benzene rings is 1. The van der Waals surface area contributed by atoms with E-state index in [9.17, 15) is 19.1 Å². The Hall–Kier alpha value is -1.71. The van der Waals surface area contributed by atoms with E-state index in [1.807, 2.05) is 0 Å². The van der Waals surface area contributed by atoms with Gasteiger partial charge in [0.1, 0.15) is 5.82 Å². The van der Waals surface area contributed by atoms with Gasteiger partial charge >= 0.3 is 0 Å². The number of hydrogen-bond donors (Lipinski definition) is 0. The van der Waals surface area contributed by atoms with Gasteiger partial charge in [-0.3, -0.25) is 4.79 Å². The molecule has 1 rings (SSSR count). The molecular weight excluding hydrogens is 187 g/mol. The third kappa shape index (κ3) is 2.16. The second kappa shape index (κ2) is 4.00. The van der Waals surface area contributed by atoms with Gasteiger partial charge in [0.05, 0.1) is 11.9 Å². The van der Waals surface area contributed by atoms with Crippen LogP contribution in [0.4, 0.5) is 4.39 Å². The van der Waals surface area contributed by atoms with Crippen LogP contribution in [0.3, 0.4) is 0 Å². The summed E-state index contributed by atoms with van der Waals surface area (Å²) in [5.74, 6) is -3.69. The van der Waals surface area contributed by atoms with Gasteiger partial charge in [0.2, 0.25) is 0 Å². The summed E-state index contributed by atoms with van der Waals surface area (Å²) in [7, 11) is 0. The number of halogens is 1. The molecule has 74 valence electrons. The number of carboxylic acids is 1. The minimum atomic E-state index is -1.43. The number of carbonyl (C=O) groups is 2. The van der Waals surface area contributed by atoms with Gasteiger partial charge in [-0.1, -0.05) is 0 Å². The number of hydrogen-bond acceptors (Lipinski definition) is 3. The highest BCUT2D eigenvalue weighted by Crippen LogP contribution is 2.09. The zero-order chi connectivity index (χ0) is 10.7. The van der Waals surface area contributed by atoms with E-state index in [2.05, 4.69) is 0 Å². The average Bonchev–Trinajstić information content (AvgIpc) is 2.16. The Bertz CT molecular complexity index is 356. The Labute approximate surface area is 80.2 Å². The molecule has 1 aromatic carbocycles.